The van der Waals surface area contributed by atoms with Crippen molar-refractivity contribution in [1.29, 1.82) is 0 Å². The summed E-state index contributed by atoms with van der Waals surface area (Å²) in [7, 11) is 0. The topological polar surface area (TPSA) is 61.7 Å². The lowest BCUT2D eigenvalue weighted by Gasteiger charge is -2.12. The van der Waals surface area contributed by atoms with Crippen LogP contribution in [-0.4, -0.2) is 24.1 Å². The van der Waals surface area contributed by atoms with Crippen molar-refractivity contribution in [2.75, 3.05) is 0 Å². The Balaban J connectivity index is 0.950. The van der Waals surface area contributed by atoms with Crippen LogP contribution in [0.4, 0.5) is 0 Å². The van der Waals surface area contributed by atoms with Crippen LogP contribution >= 0.6 is 22.7 Å². The van der Waals surface area contributed by atoms with Crippen molar-refractivity contribution in [3.63, 3.8) is 0 Å². The minimum atomic E-state index is 0.553. The molecule has 0 radical (unpaired) electrons. The molecule has 0 aliphatic heterocycles. The molecule has 10 aromatic carbocycles. The first kappa shape index (κ1) is 39.0. The van der Waals surface area contributed by atoms with E-state index in [4.69, 9.17) is 19.4 Å². The fraction of sp³-hybridized carbons (Fsp3) is 0. The van der Waals surface area contributed by atoms with Gasteiger partial charge in [0.15, 0.2) is 11.6 Å². The number of hydrogen-bond donors (Lipinski definition) is 0. The molecule has 0 atom stereocenters. The Bertz CT molecular complexity index is 4850. The number of nitrogens with zero attached hydrogens (tertiary/aromatic N) is 5. The average molecular weight is 942 g/mol. The van der Waals surface area contributed by atoms with Crippen LogP contribution in [0.15, 0.2) is 217 Å². The van der Waals surface area contributed by atoms with Crippen LogP contribution in [-0.2, 0) is 0 Å². The summed E-state index contributed by atoms with van der Waals surface area (Å²) >= 11 is 3.65. The highest BCUT2D eigenvalue weighted by Gasteiger charge is 2.24. The summed E-state index contributed by atoms with van der Waals surface area (Å²) in [6.45, 7) is 0. The second-order valence-electron chi connectivity index (χ2n) is 18.3. The van der Waals surface area contributed by atoms with Crippen LogP contribution in [0.3, 0.4) is 0 Å². The molecule has 6 nitrogen and oxygen atoms in total. The second kappa shape index (κ2) is 14.8. The summed E-state index contributed by atoms with van der Waals surface area (Å²) < 4.78 is 16.4. The van der Waals surface area contributed by atoms with Crippen molar-refractivity contribution < 1.29 is 4.42 Å². The molecule has 0 amide bonds. The van der Waals surface area contributed by atoms with Crippen molar-refractivity contribution in [3.8, 4) is 45.5 Å². The molecule has 0 saturated carbocycles. The van der Waals surface area contributed by atoms with E-state index in [-0.39, 0.29) is 0 Å². The van der Waals surface area contributed by atoms with E-state index in [1.165, 1.54) is 56.6 Å². The molecule has 6 aromatic heterocycles. The standard InChI is InChI=1S/C63H35N5OS2/c1-2-14-38(15-3-1)67-50-31-33-55-59(44-19-7-11-27-54(44)70-55)58(50)45-21-12-20-39(60(45)67)36-29-32-51-47(34-36)57-46(22-13-25-52(57)69-51)62-64-61(37-28-30-43-42-18-6-10-26-53(42)71-56(43)35-37)65-63(66-62)68-48-23-8-4-16-40(48)41-17-5-9-24-49(41)68/h1-35H. The fourth-order valence-electron chi connectivity index (χ4n) is 11.3. The zero-order chi connectivity index (χ0) is 46.3. The van der Waals surface area contributed by atoms with Gasteiger partial charge in [-0.3, -0.25) is 4.57 Å². The molecule has 71 heavy (non-hydrogen) atoms. The monoisotopic (exact) mass is 941 g/mol. The van der Waals surface area contributed by atoms with E-state index in [9.17, 15) is 0 Å². The predicted octanol–water partition coefficient (Wildman–Crippen LogP) is 17.7. The molecular weight excluding hydrogens is 907 g/mol. The molecule has 0 aliphatic carbocycles. The van der Waals surface area contributed by atoms with Gasteiger partial charge in [-0.1, -0.05) is 140 Å². The third-order valence-electron chi connectivity index (χ3n) is 14.4. The Hall–Kier alpha value is -8.95. The molecule has 0 N–H and O–H groups in total. The highest BCUT2D eigenvalue weighted by atomic mass is 32.1. The van der Waals surface area contributed by atoms with Gasteiger partial charge in [0.25, 0.3) is 0 Å². The van der Waals surface area contributed by atoms with E-state index in [0.717, 1.165) is 77.2 Å². The maximum Gasteiger partial charge on any atom is 0.238 e. The van der Waals surface area contributed by atoms with Crippen LogP contribution in [0.5, 0.6) is 0 Å². The number of benzene rings is 10. The fourth-order valence-corrected chi connectivity index (χ4v) is 13.6. The maximum absolute atomic E-state index is 6.74. The molecule has 0 bridgehead atoms. The third kappa shape index (κ3) is 5.65. The molecule has 0 unspecified atom stereocenters. The lowest BCUT2D eigenvalue weighted by atomic mass is 9.98. The number of hydrogen-bond acceptors (Lipinski definition) is 6. The van der Waals surface area contributed by atoms with Gasteiger partial charge in [-0.25, -0.2) is 4.98 Å². The average Bonchev–Trinajstić information content (AvgIpc) is 4.25. The highest BCUT2D eigenvalue weighted by molar-refractivity contribution is 7.26. The van der Waals surface area contributed by atoms with Crippen LogP contribution < -0.4 is 0 Å². The lowest BCUT2D eigenvalue weighted by molar-refractivity contribution is 0.669. The molecule has 0 aliphatic rings. The quantitative estimate of drug-likeness (QED) is 0.172. The Morgan fingerprint density at radius 2 is 0.986 bits per heavy atom. The van der Waals surface area contributed by atoms with E-state index in [0.29, 0.717) is 17.6 Å². The first-order chi connectivity index (χ1) is 35.2. The number of thiophene rings is 2. The van der Waals surface area contributed by atoms with Crippen molar-refractivity contribution in [2.24, 2.45) is 0 Å². The molecule has 6 heterocycles. The SMILES string of the molecule is c1ccc(-n2c3ccc4sc5ccccc5c4c3c3cccc(-c4ccc5oc6cccc(-c7nc(-c8ccc9c(c8)sc8ccccc89)nc(-n8c9ccccc9c9ccccc98)n7)c6c5c4)c32)cc1. The lowest BCUT2D eigenvalue weighted by Crippen LogP contribution is -2.06. The van der Waals surface area contributed by atoms with E-state index in [2.05, 4.69) is 209 Å². The summed E-state index contributed by atoms with van der Waals surface area (Å²) in [4.78, 5) is 16.2. The Labute approximate surface area is 412 Å². The molecule has 8 heteroatoms. The zero-order valence-electron chi connectivity index (χ0n) is 37.7. The van der Waals surface area contributed by atoms with Gasteiger partial charge in [0.1, 0.15) is 11.2 Å². The number of para-hydroxylation sites is 4. The van der Waals surface area contributed by atoms with E-state index < -0.39 is 0 Å². The van der Waals surface area contributed by atoms with E-state index in [1.54, 1.807) is 11.3 Å². The summed E-state index contributed by atoms with van der Waals surface area (Å²) in [5, 5.41) is 11.8. The second-order valence-corrected chi connectivity index (χ2v) is 20.4. The van der Waals surface area contributed by atoms with Crippen LogP contribution in [0.2, 0.25) is 0 Å². The molecule has 0 saturated heterocycles. The Morgan fingerprint density at radius 1 is 0.338 bits per heavy atom. The van der Waals surface area contributed by atoms with Crippen molar-refractivity contribution in [1.82, 2.24) is 24.1 Å². The van der Waals surface area contributed by atoms with Gasteiger partial charge in [0.05, 0.1) is 22.1 Å². The van der Waals surface area contributed by atoms with Gasteiger partial charge in [0.2, 0.25) is 5.95 Å². The van der Waals surface area contributed by atoms with E-state index in [1.807, 2.05) is 23.5 Å². The van der Waals surface area contributed by atoms with Crippen molar-refractivity contribution >= 4 is 129 Å². The number of fused-ring (bicyclic) bond motifs is 16. The van der Waals surface area contributed by atoms with Crippen molar-refractivity contribution in [3.05, 3.63) is 212 Å². The number of furan rings is 1. The molecular formula is C63H35N5OS2. The minimum Gasteiger partial charge on any atom is -0.456 e. The first-order valence-corrected chi connectivity index (χ1v) is 25.4. The zero-order valence-corrected chi connectivity index (χ0v) is 39.3. The normalized spacial score (nSPS) is 12.2. The smallest absolute Gasteiger partial charge is 0.238 e. The largest absolute Gasteiger partial charge is 0.456 e. The minimum absolute atomic E-state index is 0.553. The van der Waals surface area contributed by atoms with Gasteiger partial charge in [-0.15, -0.1) is 22.7 Å². The number of aromatic nitrogens is 5. The van der Waals surface area contributed by atoms with Crippen LogP contribution in [0.25, 0.3) is 151 Å². The maximum atomic E-state index is 6.74. The van der Waals surface area contributed by atoms with Crippen molar-refractivity contribution in [2.45, 2.75) is 0 Å². The summed E-state index contributed by atoms with van der Waals surface area (Å²) in [5.41, 5.74) is 11.1. The van der Waals surface area contributed by atoms with Gasteiger partial charge in [-0.2, -0.15) is 9.97 Å². The highest BCUT2D eigenvalue weighted by Crippen LogP contribution is 2.47. The first-order valence-electron chi connectivity index (χ1n) is 23.8. The van der Waals surface area contributed by atoms with Crippen LogP contribution in [0, 0.1) is 0 Å². The molecule has 16 rings (SSSR count). The van der Waals surface area contributed by atoms with E-state index >= 15 is 0 Å². The van der Waals surface area contributed by atoms with Gasteiger partial charge in [0, 0.05) is 95.0 Å². The predicted molar refractivity (Wildman–Crippen MR) is 298 cm³/mol. The molecule has 0 spiro atoms. The number of rotatable bonds is 5. The Morgan fingerprint density at radius 3 is 1.82 bits per heavy atom. The van der Waals surface area contributed by atoms with Crippen LogP contribution in [0.1, 0.15) is 0 Å². The summed E-state index contributed by atoms with van der Waals surface area (Å²) in [5.74, 6) is 1.72. The van der Waals surface area contributed by atoms with Gasteiger partial charge >= 0.3 is 0 Å². The molecule has 16 aromatic rings. The third-order valence-corrected chi connectivity index (χ3v) is 16.7. The van der Waals surface area contributed by atoms with Gasteiger partial charge in [-0.05, 0) is 78.4 Å². The molecule has 0 fully saturated rings. The van der Waals surface area contributed by atoms with Gasteiger partial charge < -0.3 is 8.98 Å². The molecule has 330 valence electrons. The summed E-state index contributed by atoms with van der Waals surface area (Å²) in [6, 6.07) is 75.9. The Kier molecular flexibility index (Phi) is 8.11. The summed E-state index contributed by atoms with van der Waals surface area (Å²) in [6.07, 6.45) is 0.